The Labute approximate surface area is 177 Å². The van der Waals surface area contributed by atoms with Gasteiger partial charge >= 0.3 is 0 Å². The molecule has 2 aliphatic rings. The van der Waals surface area contributed by atoms with Gasteiger partial charge in [-0.25, -0.2) is 0 Å². The molecule has 3 aromatic rings. The van der Waals surface area contributed by atoms with Crippen LogP contribution in [0.1, 0.15) is 25.3 Å². The van der Waals surface area contributed by atoms with E-state index in [0.717, 1.165) is 36.9 Å². The third kappa shape index (κ3) is 4.05. The van der Waals surface area contributed by atoms with Gasteiger partial charge in [-0.3, -0.25) is 9.58 Å². The van der Waals surface area contributed by atoms with E-state index in [0.29, 0.717) is 12.1 Å². The van der Waals surface area contributed by atoms with E-state index in [1.54, 1.807) is 0 Å². The van der Waals surface area contributed by atoms with E-state index in [-0.39, 0.29) is 0 Å². The number of benzene rings is 2. The van der Waals surface area contributed by atoms with E-state index < -0.39 is 0 Å². The van der Waals surface area contributed by atoms with Crippen LogP contribution in [0.15, 0.2) is 66.9 Å². The number of aromatic nitrogens is 2. The molecule has 0 spiro atoms. The summed E-state index contributed by atoms with van der Waals surface area (Å²) in [6.07, 6.45) is 5.86. The molecule has 2 heterocycles. The van der Waals surface area contributed by atoms with Crippen LogP contribution in [0, 0.1) is 0 Å². The van der Waals surface area contributed by atoms with Gasteiger partial charge < -0.3 is 4.90 Å². The molecule has 1 saturated carbocycles. The minimum absolute atomic E-state index is 0.520. The van der Waals surface area contributed by atoms with Gasteiger partial charge in [-0.15, -0.1) is 0 Å². The molecule has 1 saturated heterocycles. The molecule has 150 valence electrons. The summed E-state index contributed by atoms with van der Waals surface area (Å²) in [5, 5.41) is 5.68. The zero-order valence-electron chi connectivity index (χ0n) is 16.6. The van der Waals surface area contributed by atoms with Crippen LogP contribution in [-0.4, -0.2) is 46.9 Å². The molecular formula is C24H27ClN4. The van der Waals surface area contributed by atoms with Gasteiger partial charge in [-0.05, 0) is 49.6 Å². The largest absolute Gasteiger partial charge is 0.369 e. The highest BCUT2D eigenvalue weighted by Gasteiger charge is 2.32. The molecule has 1 aliphatic carbocycles. The number of halogens is 1. The third-order valence-electron chi connectivity index (χ3n) is 6.45. The van der Waals surface area contributed by atoms with Crippen LogP contribution in [-0.2, 0) is 0 Å². The standard InChI is InChI=1S/C24H27ClN4/c25-20-6-8-21(9-7-20)27-14-16-28(17-15-27)22-10-11-23(18-22)29-13-12-24(26-29)19-4-2-1-3-5-19/h1-9,12-13,22-23H,10-11,14-18H2/t22-,23-/m0/s1. The Morgan fingerprint density at radius 2 is 1.52 bits per heavy atom. The molecule has 0 N–H and O–H groups in total. The van der Waals surface area contributed by atoms with Crippen molar-refractivity contribution < 1.29 is 0 Å². The molecule has 0 radical (unpaired) electrons. The maximum Gasteiger partial charge on any atom is 0.0923 e. The van der Waals surface area contributed by atoms with Gasteiger partial charge in [-0.2, -0.15) is 5.10 Å². The quantitative estimate of drug-likeness (QED) is 0.601. The summed E-state index contributed by atoms with van der Waals surface area (Å²) in [7, 11) is 0. The Morgan fingerprint density at radius 1 is 0.793 bits per heavy atom. The predicted molar refractivity (Wildman–Crippen MR) is 120 cm³/mol. The van der Waals surface area contributed by atoms with Crippen molar-refractivity contribution in [1.29, 1.82) is 0 Å². The van der Waals surface area contributed by atoms with Crippen LogP contribution in [0.2, 0.25) is 5.02 Å². The van der Waals surface area contributed by atoms with E-state index in [9.17, 15) is 0 Å². The number of piperazine rings is 1. The molecule has 29 heavy (non-hydrogen) atoms. The summed E-state index contributed by atoms with van der Waals surface area (Å²) in [4.78, 5) is 5.16. The SMILES string of the molecule is Clc1ccc(N2CCN([C@H]3CC[C@H](n4ccc(-c5ccccc5)n4)C3)CC2)cc1. The fourth-order valence-electron chi connectivity index (χ4n) is 4.81. The van der Waals surface area contributed by atoms with E-state index in [4.69, 9.17) is 16.7 Å². The van der Waals surface area contributed by atoms with Gasteiger partial charge in [0.15, 0.2) is 0 Å². The lowest BCUT2D eigenvalue weighted by atomic mass is 10.1. The van der Waals surface area contributed by atoms with Gasteiger partial charge in [0, 0.05) is 54.7 Å². The first-order valence-electron chi connectivity index (χ1n) is 10.6. The van der Waals surface area contributed by atoms with Gasteiger partial charge in [-0.1, -0.05) is 41.9 Å². The second kappa shape index (κ2) is 8.21. The van der Waals surface area contributed by atoms with Crippen LogP contribution >= 0.6 is 11.6 Å². The second-order valence-electron chi connectivity index (χ2n) is 8.17. The number of nitrogens with zero attached hydrogens (tertiary/aromatic N) is 4. The smallest absolute Gasteiger partial charge is 0.0923 e. The van der Waals surface area contributed by atoms with Gasteiger partial charge in [0.05, 0.1) is 11.7 Å². The van der Waals surface area contributed by atoms with E-state index in [1.165, 1.54) is 30.5 Å². The van der Waals surface area contributed by atoms with Crippen molar-refractivity contribution in [3.05, 3.63) is 71.9 Å². The summed E-state index contributed by atoms with van der Waals surface area (Å²) in [5.74, 6) is 0. The Balaban J connectivity index is 1.18. The third-order valence-corrected chi connectivity index (χ3v) is 6.70. The minimum Gasteiger partial charge on any atom is -0.369 e. The minimum atomic E-state index is 0.520. The topological polar surface area (TPSA) is 24.3 Å². The summed E-state index contributed by atoms with van der Waals surface area (Å²) >= 11 is 6.03. The number of anilines is 1. The lowest BCUT2D eigenvalue weighted by Gasteiger charge is -2.39. The first-order valence-corrected chi connectivity index (χ1v) is 11.0. The Bertz CT molecular complexity index is 929. The lowest BCUT2D eigenvalue weighted by Crippen LogP contribution is -2.49. The van der Waals surface area contributed by atoms with E-state index >= 15 is 0 Å². The Hall–Kier alpha value is -2.30. The highest BCUT2D eigenvalue weighted by Crippen LogP contribution is 2.34. The zero-order valence-corrected chi connectivity index (χ0v) is 17.4. The van der Waals surface area contributed by atoms with Crippen molar-refractivity contribution in [1.82, 2.24) is 14.7 Å². The van der Waals surface area contributed by atoms with Crippen molar-refractivity contribution in [2.24, 2.45) is 0 Å². The van der Waals surface area contributed by atoms with Crippen molar-refractivity contribution in [2.45, 2.75) is 31.3 Å². The number of rotatable bonds is 4. The average Bonchev–Trinajstić information content (AvgIpc) is 3.45. The molecular weight excluding hydrogens is 380 g/mol. The van der Waals surface area contributed by atoms with Gasteiger partial charge in [0.1, 0.15) is 0 Å². The predicted octanol–water partition coefficient (Wildman–Crippen LogP) is 5.12. The van der Waals surface area contributed by atoms with Crippen molar-refractivity contribution in [3.8, 4) is 11.3 Å². The fraction of sp³-hybridized carbons (Fsp3) is 0.375. The Morgan fingerprint density at radius 3 is 2.28 bits per heavy atom. The van der Waals surface area contributed by atoms with Crippen LogP contribution in [0.5, 0.6) is 0 Å². The van der Waals surface area contributed by atoms with E-state index in [1.807, 2.05) is 12.1 Å². The molecule has 0 amide bonds. The van der Waals surface area contributed by atoms with Crippen molar-refractivity contribution in [2.75, 3.05) is 31.1 Å². The van der Waals surface area contributed by atoms with Gasteiger partial charge in [0.25, 0.3) is 0 Å². The summed E-state index contributed by atoms with van der Waals surface area (Å²) in [5.41, 5.74) is 3.55. The summed E-state index contributed by atoms with van der Waals surface area (Å²) in [6.45, 7) is 4.44. The maximum atomic E-state index is 6.03. The fourth-order valence-corrected chi connectivity index (χ4v) is 4.93. The number of hydrogen-bond acceptors (Lipinski definition) is 3. The Kier molecular flexibility index (Phi) is 5.30. The van der Waals surface area contributed by atoms with Crippen LogP contribution in [0.25, 0.3) is 11.3 Å². The molecule has 0 unspecified atom stereocenters. The highest BCUT2D eigenvalue weighted by atomic mass is 35.5. The molecule has 1 aromatic heterocycles. The molecule has 2 atom stereocenters. The summed E-state index contributed by atoms with van der Waals surface area (Å²) in [6, 6.07) is 22.0. The summed E-state index contributed by atoms with van der Waals surface area (Å²) < 4.78 is 2.20. The van der Waals surface area contributed by atoms with Crippen LogP contribution in [0.3, 0.4) is 0 Å². The molecule has 5 heteroatoms. The van der Waals surface area contributed by atoms with Crippen LogP contribution < -0.4 is 4.90 Å². The van der Waals surface area contributed by atoms with Crippen molar-refractivity contribution >= 4 is 17.3 Å². The normalized spacial score (nSPS) is 22.9. The van der Waals surface area contributed by atoms with Crippen LogP contribution in [0.4, 0.5) is 5.69 Å². The number of hydrogen-bond donors (Lipinski definition) is 0. The second-order valence-corrected chi connectivity index (χ2v) is 8.60. The molecule has 5 rings (SSSR count). The molecule has 2 fully saturated rings. The van der Waals surface area contributed by atoms with Gasteiger partial charge in [0.2, 0.25) is 0 Å². The first-order chi connectivity index (χ1) is 14.3. The van der Waals surface area contributed by atoms with E-state index in [2.05, 4.69) is 69.2 Å². The average molecular weight is 407 g/mol. The molecule has 4 nitrogen and oxygen atoms in total. The molecule has 1 aliphatic heterocycles. The maximum absolute atomic E-state index is 6.03. The monoisotopic (exact) mass is 406 g/mol. The zero-order chi connectivity index (χ0) is 19.6. The molecule has 0 bridgehead atoms. The lowest BCUT2D eigenvalue weighted by molar-refractivity contribution is 0.183. The van der Waals surface area contributed by atoms with Crippen molar-refractivity contribution in [3.63, 3.8) is 0 Å². The molecule has 2 aromatic carbocycles. The highest BCUT2D eigenvalue weighted by molar-refractivity contribution is 6.30. The first kappa shape index (κ1) is 18.7.